The summed E-state index contributed by atoms with van der Waals surface area (Å²) in [6.07, 6.45) is 0. The summed E-state index contributed by atoms with van der Waals surface area (Å²) in [5.41, 5.74) is 2.51. The molecule has 0 spiro atoms. The molecular weight excluding hydrogens is 296 g/mol. The number of ether oxygens (including phenoxy) is 2. The molecule has 0 aliphatic rings. The van der Waals surface area contributed by atoms with Gasteiger partial charge in [0.05, 0.1) is 13.2 Å². The highest BCUT2D eigenvalue weighted by Crippen LogP contribution is 2.27. The van der Waals surface area contributed by atoms with E-state index in [4.69, 9.17) is 9.47 Å². The molecule has 0 amide bonds. The van der Waals surface area contributed by atoms with Gasteiger partial charge in [0, 0.05) is 0 Å². The third kappa shape index (κ3) is 11.6. The van der Waals surface area contributed by atoms with Crippen molar-refractivity contribution in [1.82, 2.24) is 0 Å². The maximum Gasteiger partial charge on any atom is 0.161 e. The number of aryl methyl sites for hydroxylation is 2. The molecule has 24 heavy (non-hydrogen) atoms. The molecule has 2 aromatic rings. The third-order valence-electron chi connectivity index (χ3n) is 2.64. The smallest absolute Gasteiger partial charge is 0.161 e. The molecule has 0 aliphatic carbocycles. The highest BCUT2D eigenvalue weighted by Gasteiger charge is 2.03. The summed E-state index contributed by atoms with van der Waals surface area (Å²) in [6, 6.07) is 16.2. The highest BCUT2D eigenvalue weighted by atomic mass is 16.5. The first-order valence-corrected chi connectivity index (χ1v) is 9.05. The topological polar surface area (TPSA) is 18.5 Å². The Morgan fingerprint density at radius 3 is 1.54 bits per heavy atom. The fraction of sp³-hybridized carbons (Fsp3) is 0.455. The Labute approximate surface area is 149 Å². The molecule has 0 aromatic heterocycles. The molecule has 0 N–H and O–H groups in total. The molecule has 0 heterocycles. The van der Waals surface area contributed by atoms with Crippen LogP contribution in [-0.2, 0) is 0 Å². The Balaban J connectivity index is 0. The molecule has 136 valence electrons. The summed E-state index contributed by atoms with van der Waals surface area (Å²) < 4.78 is 10.9. The van der Waals surface area contributed by atoms with Gasteiger partial charge < -0.3 is 9.47 Å². The highest BCUT2D eigenvalue weighted by molar-refractivity contribution is 5.42. The van der Waals surface area contributed by atoms with E-state index in [1.54, 1.807) is 0 Å². The standard InChI is InChI=1S/C11H16O2.C7H8.2C2H6/c1-4-12-10-7-6-9(3)8-11(10)13-5-2;1-7-5-3-2-4-6-7;2*1-2/h6-8H,4-5H2,1-3H3;2-6H,1H3;2*1-2H3. The van der Waals surface area contributed by atoms with Crippen molar-refractivity contribution < 1.29 is 9.47 Å². The summed E-state index contributed by atoms with van der Waals surface area (Å²) in [7, 11) is 0. The van der Waals surface area contributed by atoms with E-state index in [1.807, 2.05) is 84.9 Å². The van der Waals surface area contributed by atoms with E-state index in [0.29, 0.717) is 13.2 Å². The molecule has 0 saturated carbocycles. The van der Waals surface area contributed by atoms with Gasteiger partial charge in [-0.15, -0.1) is 0 Å². The molecule has 0 fully saturated rings. The average Bonchev–Trinajstić information content (AvgIpc) is 2.62. The van der Waals surface area contributed by atoms with E-state index in [0.717, 1.165) is 11.5 Å². The van der Waals surface area contributed by atoms with E-state index < -0.39 is 0 Å². The molecule has 2 aromatic carbocycles. The molecule has 0 radical (unpaired) electrons. The van der Waals surface area contributed by atoms with Crippen LogP contribution in [0.1, 0.15) is 52.7 Å². The molecule has 0 saturated heterocycles. The lowest BCUT2D eigenvalue weighted by Gasteiger charge is -2.10. The Morgan fingerprint density at radius 2 is 1.12 bits per heavy atom. The first kappa shape index (κ1) is 24.3. The lowest BCUT2D eigenvalue weighted by atomic mass is 10.2. The van der Waals surface area contributed by atoms with Gasteiger partial charge in [-0.1, -0.05) is 69.7 Å². The van der Waals surface area contributed by atoms with Crippen molar-refractivity contribution in [3.05, 3.63) is 59.7 Å². The Hall–Kier alpha value is -1.96. The second-order valence-electron chi connectivity index (χ2n) is 4.47. The molecule has 0 atom stereocenters. The van der Waals surface area contributed by atoms with Gasteiger partial charge in [0.1, 0.15) is 0 Å². The lowest BCUT2D eigenvalue weighted by Crippen LogP contribution is -1.98. The van der Waals surface area contributed by atoms with E-state index in [-0.39, 0.29) is 0 Å². The molecule has 2 heteroatoms. The van der Waals surface area contributed by atoms with E-state index >= 15 is 0 Å². The second-order valence-corrected chi connectivity index (χ2v) is 4.47. The molecule has 0 bridgehead atoms. The van der Waals surface area contributed by atoms with Crippen LogP contribution in [-0.4, -0.2) is 13.2 Å². The minimum Gasteiger partial charge on any atom is -0.490 e. The van der Waals surface area contributed by atoms with Gasteiger partial charge in [-0.2, -0.15) is 0 Å². The third-order valence-corrected chi connectivity index (χ3v) is 2.64. The van der Waals surface area contributed by atoms with Crippen molar-refractivity contribution in [3.63, 3.8) is 0 Å². The van der Waals surface area contributed by atoms with Crippen molar-refractivity contribution in [2.24, 2.45) is 0 Å². The zero-order valence-corrected chi connectivity index (χ0v) is 16.8. The normalized spacial score (nSPS) is 8.33. The Kier molecular flexibility index (Phi) is 17.6. The van der Waals surface area contributed by atoms with E-state index in [2.05, 4.69) is 19.1 Å². The van der Waals surface area contributed by atoms with Crippen molar-refractivity contribution in [2.45, 2.75) is 55.4 Å². The van der Waals surface area contributed by atoms with Crippen molar-refractivity contribution in [2.75, 3.05) is 13.2 Å². The average molecular weight is 333 g/mol. The van der Waals surface area contributed by atoms with Gasteiger partial charge in [0.2, 0.25) is 0 Å². The van der Waals surface area contributed by atoms with Crippen LogP contribution in [0.5, 0.6) is 11.5 Å². The van der Waals surface area contributed by atoms with Gasteiger partial charge in [-0.05, 0) is 45.4 Å². The van der Waals surface area contributed by atoms with Crippen LogP contribution in [0.4, 0.5) is 0 Å². The number of rotatable bonds is 4. The zero-order valence-electron chi connectivity index (χ0n) is 16.8. The SMILES string of the molecule is CC.CC.CCOc1ccc(C)cc1OCC.Cc1ccccc1. The molecule has 0 aliphatic heterocycles. The van der Waals surface area contributed by atoms with E-state index in [1.165, 1.54) is 11.1 Å². The Bertz CT molecular complexity index is 493. The fourth-order valence-corrected chi connectivity index (χ4v) is 1.69. The van der Waals surface area contributed by atoms with Crippen LogP contribution in [0.15, 0.2) is 48.5 Å². The number of hydrogen-bond acceptors (Lipinski definition) is 2. The summed E-state index contributed by atoms with van der Waals surface area (Å²) in [5, 5.41) is 0. The molecular formula is C22H36O2. The molecule has 2 nitrogen and oxygen atoms in total. The van der Waals surface area contributed by atoms with Gasteiger partial charge in [0.15, 0.2) is 11.5 Å². The molecule has 0 unspecified atom stereocenters. The zero-order chi connectivity index (χ0) is 18.8. The quantitative estimate of drug-likeness (QED) is 0.610. The van der Waals surface area contributed by atoms with Crippen molar-refractivity contribution in [3.8, 4) is 11.5 Å². The lowest BCUT2D eigenvalue weighted by molar-refractivity contribution is 0.287. The van der Waals surface area contributed by atoms with Crippen molar-refractivity contribution in [1.29, 1.82) is 0 Å². The van der Waals surface area contributed by atoms with Gasteiger partial charge >= 0.3 is 0 Å². The van der Waals surface area contributed by atoms with Crippen molar-refractivity contribution >= 4 is 0 Å². The summed E-state index contributed by atoms with van der Waals surface area (Å²) in [5.74, 6) is 1.67. The summed E-state index contributed by atoms with van der Waals surface area (Å²) in [6.45, 7) is 17.4. The van der Waals surface area contributed by atoms with Crippen LogP contribution in [0.3, 0.4) is 0 Å². The minimum absolute atomic E-state index is 0.670. The second kappa shape index (κ2) is 17.4. The maximum absolute atomic E-state index is 5.45. The van der Waals surface area contributed by atoms with Gasteiger partial charge in [-0.25, -0.2) is 0 Å². The summed E-state index contributed by atoms with van der Waals surface area (Å²) >= 11 is 0. The van der Waals surface area contributed by atoms with Gasteiger partial charge in [0.25, 0.3) is 0 Å². The summed E-state index contributed by atoms with van der Waals surface area (Å²) in [4.78, 5) is 0. The number of hydrogen-bond donors (Lipinski definition) is 0. The first-order valence-electron chi connectivity index (χ1n) is 9.05. The molecule has 2 rings (SSSR count). The van der Waals surface area contributed by atoms with Crippen LogP contribution < -0.4 is 9.47 Å². The van der Waals surface area contributed by atoms with Crippen LogP contribution in [0.25, 0.3) is 0 Å². The maximum atomic E-state index is 5.45. The first-order chi connectivity index (χ1) is 11.7. The predicted molar refractivity (Wildman–Crippen MR) is 107 cm³/mol. The Morgan fingerprint density at radius 1 is 0.625 bits per heavy atom. The van der Waals surface area contributed by atoms with Gasteiger partial charge in [-0.3, -0.25) is 0 Å². The minimum atomic E-state index is 0.670. The fourth-order valence-electron chi connectivity index (χ4n) is 1.69. The van der Waals surface area contributed by atoms with Crippen LogP contribution in [0, 0.1) is 13.8 Å². The number of benzene rings is 2. The van der Waals surface area contributed by atoms with E-state index in [9.17, 15) is 0 Å². The van der Waals surface area contributed by atoms with Crippen LogP contribution >= 0.6 is 0 Å². The van der Waals surface area contributed by atoms with Crippen LogP contribution in [0.2, 0.25) is 0 Å². The largest absolute Gasteiger partial charge is 0.490 e. The predicted octanol–water partition coefficient (Wildman–Crippen LogP) is 6.84. The monoisotopic (exact) mass is 332 g/mol.